The summed E-state index contributed by atoms with van der Waals surface area (Å²) < 4.78 is 5.26. The molecule has 0 saturated carbocycles. The van der Waals surface area contributed by atoms with Crippen molar-refractivity contribution in [2.75, 3.05) is 38.1 Å². The van der Waals surface area contributed by atoms with E-state index in [1.807, 2.05) is 0 Å². The highest BCUT2D eigenvalue weighted by Crippen LogP contribution is 2.31. The normalized spacial score (nSPS) is 16.7. The molecule has 1 aliphatic heterocycles. The molecule has 1 saturated heterocycles. The SMILES string of the molecule is CCc1ccc2c(c1)nc(N1CCN(C)CC1)c1nocc12. The van der Waals surface area contributed by atoms with Crippen LogP contribution in [0.4, 0.5) is 5.82 Å². The van der Waals surface area contributed by atoms with Crippen molar-refractivity contribution in [1.29, 1.82) is 0 Å². The Labute approximate surface area is 129 Å². The van der Waals surface area contributed by atoms with Gasteiger partial charge in [-0.25, -0.2) is 4.98 Å². The summed E-state index contributed by atoms with van der Waals surface area (Å²) in [5, 5.41) is 6.39. The number of hydrogen-bond acceptors (Lipinski definition) is 5. The fourth-order valence-corrected chi connectivity index (χ4v) is 3.11. The third kappa shape index (κ3) is 2.13. The largest absolute Gasteiger partial charge is 0.363 e. The molecule has 2 aromatic heterocycles. The van der Waals surface area contributed by atoms with Crippen molar-refractivity contribution >= 4 is 27.6 Å². The highest BCUT2D eigenvalue weighted by Gasteiger charge is 2.21. The van der Waals surface area contributed by atoms with Gasteiger partial charge < -0.3 is 14.3 Å². The van der Waals surface area contributed by atoms with Gasteiger partial charge in [0, 0.05) is 31.6 Å². The smallest absolute Gasteiger partial charge is 0.159 e. The predicted molar refractivity (Wildman–Crippen MR) is 88.4 cm³/mol. The minimum Gasteiger partial charge on any atom is -0.363 e. The summed E-state index contributed by atoms with van der Waals surface area (Å²) >= 11 is 0. The Kier molecular flexibility index (Phi) is 3.22. The molecule has 0 spiro atoms. The van der Waals surface area contributed by atoms with E-state index in [0.717, 1.165) is 60.2 Å². The van der Waals surface area contributed by atoms with Crippen molar-refractivity contribution in [3.63, 3.8) is 0 Å². The minimum absolute atomic E-state index is 0.876. The van der Waals surface area contributed by atoms with Crippen molar-refractivity contribution in [2.24, 2.45) is 0 Å². The summed E-state index contributed by atoms with van der Waals surface area (Å²) in [6.07, 6.45) is 2.76. The Hall–Kier alpha value is -2.14. The van der Waals surface area contributed by atoms with E-state index >= 15 is 0 Å². The van der Waals surface area contributed by atoms with Gasteiger partial charge in [0.15, 0.2) is 11.3 Å². The molecule has 22 heavy (non-hydrogen) atoms. The van der Waals surface area contributed by atoms with Crippen LogP contribution in [-0.2, 0) is 6.42 Å². The van der Waals surface area contributed by atoms with Crippen LogP contribution in [0.15, 0.2) is 29.0 Å². The number of aryl methyl sites for hydroxylation is 1. The summed E-state index contributed by atoms with van der Waals surface area (Å²) in [5.74, 6) is 0.956. The van der Waals surface area contributed by atoms with E-state index in [4.69, 9.17) is 9.51 Å². The molecule has 1 fully saturated rings. The molecule has 0 amide bonds. The van der Waals surface area contributed by atoms with Gasteiger partial charge >= 0.3 is 0 Å². The first-order valence-electron chi connectivity index (χ1n) is 7.86. The van der Waals surface area contributed by atoms with Crippen LogP contribution in [0.2, 0.25) is 0 Å². The monoisotopic (exact) mass is 296 g/mol. The number of fused-ring (bicyclic) bond motifs is 3. The molecule has 5 heteroatoms. The minimum atomic E-state index is 0.876. The van der Waals surface area contributed by atoms with Crippen LogP contribution in [0.3, 0.4) is 0 Å². The Morgan fingerprint density at radius 3 is 2.73 bits per heavy atom. The maximum Gasteiger partial charge on any atom is 0.159 e. The average molecular weight is 296 g/mol. The molecular weight excluding hydrogens is 276 g/mol. The summed E-state index contributed by atoms with van der Waals surface area (Å²) in [4.78, 5) is 9.58. The van der Waals surface area contributed by atoms with E-state index in [-0.39, 0.29) is 0 Å². The van der Waals surface area contributed by atoms with E-state index in [1.54, 1.807) is 6.26 Å². The molecule has 3 heterocycles. The zero-order chi connectivity index (χ0) is 15.1. The third-order valence-electron chi connectivity index (χ3n) is 4.57. The van der Waals surface area contributed by atoms with Crippen LogP contribution in [0.5, 0.6) is 0 Å². The Morgan fingerprint density at radius 2 is 1.95 bits per heavy atom. The van der Waals surface area contributed by atoms with Gasteiger partial charge in [0.1, 0.15) is 6.26 Å². The number of aromatic nitrogens is 2. The molecule has 0 aliphatic carbocycles. The number of hydrogen-bond donors (Lipinski definition) is 0. The van der Waals surface area contributed by atoms with Crippen LogP contribution in [-0.4, -0.2) is 48.3 Å². The van der Waals surface area contributed by atoms with Gasteiger partial charge in [-0.05, 0) is 25.1 Å². The van der Waals surface area contributed by atoms with E-state index in [1.165, 1.54) is 5.56 Å². The van der Waals surface area contributed by atoms with Gasteiger partial charge in [-0.15, -0.1) is 0 Å². The first-order valence-corrected chi connectivity index (χ1v) is 7.86. The quantitative estimate of drug-likeness (QED) is 0.727. The van der Waals surface area contributed by atoms with Crippen LogP contribution in [0.25, 0.3) is 21.8 Å². The van der Waals surface area contributed by atoms with Crippen molar-refractivity contribution in [2.45, 2.75) is 13.3 Å². The number of benzene rings is 1. The van der Waals surface area contributed by atoms with Gasteiger partial charge in [-0.1, -0.05) is 24.2 Å². The maximum absolute atomic E-state index is 5.26. The molecule has 1 aliphatic rings. The molecule has 114 valence electrons. The molecule has 1 aromatic carbocycles. The summed E-state index contributed by atoms with van der Waals surface area (Å²) in [5.41, 5.74) is 3.21. The first-order chi connectivity index (χ1) is 10.8. The van der Waals surface area contributed by atoms with Gasteiger partial charge in [-0.2, -0.15) is 0 Å². The fraction of sp³-hybridized carbons (Fsp3) is 0.412. The van der Waals surface area contributed by atoms with Crippen LogP contribution in [0, 0.1) is 0 Å². The Morgan fingerprint density at radius 1 is 1.14 bits per heavy atom. The number of pyridine rings is 1. The lowest BCUT2D eigenvalue weighted by molar-refractivity contribution is 0.312. The molecule has 0 N–H and O–H groups in total. The Balaban J connectivity index is 1.90. The summed E-state index contributed by atoms with van der Waals surface area (Å²) in [7, 11) is 2.16. The average Bonchev–Trinajstić information content (AvgIpc) is 3.04. The highest BCUT2D eigenvalue weighted by molar-refractivity contribution is 6.08. The number of piperazine rings is 1. The van der Waals surface area contributed by atoms with Gasteiger partial charge in [0.25, 0.3) is 0 Å². The Bertz CT molecular complexity index is 818. The lowest BCUT2D eigenvalue weighted by Gasteiger charge is -2.33. The van der Waals surface area contributed by atoms with Crippen LogP contribution < -0.4 is 4.90 Å². The van der Waals surface area contributed by atoms with E-state index in [0.29, 0.717) is 0 Å². The lowest BCUT2D eigenvalue weighted by Crippen LogP contribution is -2.44. The molecule has 3 aromatic rings. The molecule has 0 bridgehead atoms. The molecule has 4 rings (SSSR count). The summed E-state index contributed by atoms with van der Waals surface area (Å²) in [6, 6.07) is 6.47. The second-order valence-electron chi connectivity index (χ2n) is 6.01. The first kappa shape index (κ1) is 13.5. The molecule has 5 nitrogen and oxygen atoms in total. The molecule has 0 atom stereocenters. The second-order valence-corrected chi connectivity index (χ2v) is 6.01. The van der Waals surface area contributed by atoms with E-state index in [2.05, 4.69) is 47.1 Å². The summed E-state index contributed by atoms with van der Waals surface area (Å²) in [6.45, 7) is 6.22. The van der Waals surface area contributed by atoms with Crippen molar-refractivity contribution in [3.8, 4) is 0 Å². The van der Waals surface area contributed by atoms with Crippen molar-refractivity contribution in [1.82, 2.24) is 15.0 Å². The molecular formula is C17H20N4O. The highest BCUT2D eigenvalue weighted by atomic mass is 16.5. The molecule has 0 radical (unpaired) electrons. The van der Waals surface area contributed by atoms with Crippen LogP contribution in [0.1, 0.15) is 12.5 Å². The van der Waals surface area contributed by atoms with Gasteiger partial charge in [0.2, 0.25) is 0 Å². The van der Waals surface area contributed by atoms with Gasteiger partial charge in [-0.3, -0.25) is 0 Å². The van der Waals surface area contributed by atoms with Crippen LogP contribution >= 0.6 is 0 Å². The van der Waals surface area contributed by atoms with E-state index in [9.17, 15) is 0 Å². The number of nitrogens with zero attached hydrogens (tertiary/aromatic N) is 4. The van der Waals surface area contributed by atoms with Crippen molar-refractivity contribution < 1.29 is 4.52 Å². The predicted octanol–water partition coefficient (Wildman–Crippen LogP) is 2.69. The molecule has 0 unspecified atom stereocenters. The lowest BCUT2D eigenvalue weighted by atomic mass is 10.1. The zero-order valence-electron chi connectivity index (χ0n) is 13.0. The maximum atomic E-state index is 5.26. The zero-order valence-corrected chi connectivity index (χ0v) is 13.0. The van der Waals surface area contributed by atoms with E-state index < -0.39 is 0 Å². The number of anilines is 1. The number of rotatable bonds is 2. The standard InChI is InChI=1S/C17H20N4O/c1-3-12-4-5-13-14-11-22-19-16(14)17(18-15(13)10-12)21-8-6-20(2)7-9-21/h4-5,10-11H,3,6-9H2,1-2H3. The number of likely N-dealkylation sites (N-methyl/N-ethyl adjacent to an activating group) is 1. The second kappa shape index (κ2) is 5.25. The van der Waals surface area contributed by atoms with Crippen molar-refractivity contribution in [3.05, 3.63) is 30.0 Å². The fourth-order valence-electron chi connectivity index (χ4n) is 3.11. The topological polar surface area (TPSA) is 45.4 Å². The third-order valence-corrected chi connectivity index (χ3v) is 4.57. The van der Waals surface area contributed by atoms with Gasteiger partial charge in [0.05, 0.1) is 10.9 Å².